The summed E-state index contributed by atoms with van der Waals surface area (Å²) in [7, 11) is 1.63. The van der Waals surface area contributed by atoms with Gasteiger partial charge in [-0.3, -0.25) is 19.5 Å². The average Bonchev–Trinajstić information content (AvgIpc) is 3.48. The lowest BCUT2D eigenvalue weighted by molar-refractivity contribution is -0.111. The van der Waals surface area contributed by atoms with Crippen LogP contribution >= 0.6 is 0 Å². The molecule has 2 saturated heterocycles. The minimum atomic E-state index is -0.282. The number of hydrogen-bond donors (Lipinski definition) is 2. The van der Waals surface area contributed by atoms with Crippen molar-refractivity contribution < 1.29 is 14.4 Å². The second kappa shape index (κ2) is 12.5. The summed E-state index contributed by atoms with van der Waals surface area (Å²) in [6.45, 7) is 14.2. The van der Waals surface area contributed by atoms with Crippen molar-refractivity contribution in [2.45, 2.75) is 39.3 Å². The molecule has 1 unspecified atom stereocenters. The van der Waals surface area contributed by atoms with Gasteiger partial charge >= 0.3 is 0 Å². The first-order valence-corrected chi connectivity index (χ1v) is 13.9. The summed E-state index contributed by atoms with van der Waals surface area (Å²) in [6, 6.07) is 10.2. The van der Waals surface area contributed by atoms with Gasteiger partial charge in [0.1, 0.15) is 17.9 Å². The number of hydrogen-bond acceptors (Lipinski definition) is 10. The number of hydroxylamine groups is 1. The number of aryl methyl sites for hydroxylation is 1. The largest absolute Gasteiger partial charge is 0.494 e. The normalized spacial score (nSPS) is 17.5. The lowest BCUT2D eigenvalue weighted by Crippen LogP contribution is -2.49. The zero-order chi connectivity index (χ0) is 28.9. The summed E-state index contributed by atoms with van der Waals surface area (Å²) in [4.78, 5) is 36.4. The fourth-order valence-corrected chi connectivity index (χ4v) is 5.21. The second-order valence-corrected chi connectivity index (χ2v) is 10.5. The Morgan fingerprint density at radius 2 is 1.93 bits per heavy atom. The lowest BCUT2D eigenvalue weighted by Gasteiger charge is -2.39. The molecule has 216 valence electrons. The first-order valence-electron chi connectivity index (χ1n) is 13.9. The lowest BCUT2D eigenvalue weighted by atomic mass is 10.1. The predicted molar refractivity (Wildman–Crippen MR) is 161 cm³/mol. The SMILES string of the molecule is C=CC(=O)Nc1cc(Nc2cc(N3OCCC3c3ccc(C)nc3)ncn2)c(OC)cc1N1CCN(C(C)C)CC1. The first kappa shape index (κ1) is 28.3. The van der Waals surface area contributed by atoms with E-state index in [-0.39, 0.29) is 11.9 Å². The third-order valence-corrected chi connectivity index (χ3v) is 7.51. The van der Waals surface area contributed by atoms with E-state index in [1.54, 1.807) is 7.11 Å². The van der Waals surface area contributed by atoms with Crippen LogP contribution in [-0.2, 0) is 9.63 Å². The van der Waals surface area contributed by atoms with Gasteiger partial charge in [0.15, 0.2) is 5.82 Å². The predicted octanol–water partition coefficient (Wildman–Crippen LogP) is 4.47. The van der Waals surface area contributed by atoms with Crippen LogP contribution in [0.1, 0.15) is 37.6 Å². The van der Waals surface area contributed by atoms with Gasteiger partial charge in [-0.25, -0.2) is 15.0 Å². The van der Waals surface area contributed by atoms with Gasteiger partial charge in [0, 0.05) is 62.7 Å². The van der Waals surface area contributed by atoms with Crippen LogP contribution in [0.4, 0.5) is 28.7 Å². The molecule has 5 rings (SSSR count). The van der Waals surface area contributed by atoms with Crippen LogP contribution in [-0.4, -0.2) is 71.7 Å². The topological polar surface area (TPSA) is 108 Å². The molecular weight excluding hydrogens is 520 g/mol. The van der Waals surface area contributed by atoms with Crippen molar-refractivity contribution in [3.05, 3.63) is 66.8 Å². The molecule has 4 heterocycles. The highest BCUT2D eigenvalue weighted by Gasteiger charge is 2.30. The smallest absolute Gasteiger partial charge is 0.247 e. The van der Waals surface area contributed by atoms with Gasteiger partial charge < -0.3 is 20.3 Å². The van der Waals surface area contributed by atoms with Gasteiger partial charge in [-0.05, 0) is 44.5 Å². The summed E-state index contributed by atoms with van der Waals surface area (Å²) in [5, 5.41) is 8.15. The van der Waals surface area contributed by atoms with Gasteiger partial charge in [-0.1, -0.05) is 12.6 Å². The van der Waals surface area contributed by atoms with Gasteiger partial charge in [-0.15, -0.1) is 0 Å². The fourth-order valence-electron chi connectivity index (χ4n) is 5.21. The van der Waals surface area contributed by atoms with Gasteiger partial charge in [-0.2, -0.15) is 0 Å². The summed E-state index contributed by atoms with van der Waals surface area (Å²) in [6.07, 6.45) is 5.48. The van der Waals surface area contributed by atoms with Crippen LogP contribution < -0.4 is 25.3 Å². The number of carbonyl (C=O) groups is 1. The van der Waals surface area contributed by atoms with Crippen LogP contribution in [0.2, 0.25) is 0 Å². The minimum absolute atomic E-state index is 0.00319. The molecule has 0 aliphatic carbocycles. The van der Waals surface area contributed by atoms with Crippen molar-refractivity contribution in [1.82, 2.24) is 19.9 Å². The summed E-state index contributed by atoms with van der Waals surface area (Å²) >= 11 is 0. The van der Waals surface area contributed by atoms with E-state index in [0.717, 1.165) is 49.5 Å². The molecule has 2 aromatic heterocycles. The zero-order valence-corrected chi connectivity index (χ0v) is 24.1. The number of ether oxygens (including phenoxy) is 1. The molecule has 0 saturated carbocycles. The van der Waals surface area contributed by atoms with E-state index < -0.39 is 0 Å². The maximum Gasteiger partial charge on any atom is 0.247 e. The van der Waals surface area contributed by atoms with E-state index >= 15 is 0 Å². The Bertz CT molecular complexity index is 1370. The number of nitrogens with zero attached hydrogens (tertiary/aromatic N) is 6. The molecule has 11 heteroatoms. The molecule has 41 heavy (non-hydrogen) atoms. The molecule has 1 aromatic carbocycles. The van der Waals surface area contributed by atoms with Gasteiger partial charge in [0.2, 0.25) is 5.91 Å². The Morgan fingerprint density at radius 3 is 2.61 bits per heavy atom. The second-order valence-electron chi connectivity index (χ2n) is 10.5. The van der Waals surface area contributed by atoms with E-state index in [9.17, 15) is 4.79 Å². The minimum Gasteiger partial charge on any atom is -0.494 e. The van der Waals surface area contributed by atoms with E-state index in [1.165, 1.54) is 12.4 Å². The average molecular weight is 559 g/mol. The molecule has 3 aromatic rings. The molecule has 0 spiro atoms. The number of aromatic nitrogens is 3. The van der Waals surface area contributed by atoms with Crippen LogP contribution in [0.25, 0.3) is 0 Å². The Balaban J connectivity index is 1.42. The number of rotatable bonds is 9. The molecule has 2 N–H and O–H groups in total. The van der Waals surface area contributed by atoms with Crippen molar-refractivity contribution in [2.24, 2.45) is 0 Å². The number of pyridine rings is 1. The Hall–Kier alpha value is -4.22. The van der Waals surface area contributed by atoms with Crippen molar-refractivity contribution in [3.8, 4) is 5.75 Å². The van der Waals surface area contributed by atoms with Crippen molar-refractivity contribution in [3.63, 3.8) is 0 Å². The third-order valence-electron chi connectivity index (χ3n) is 7.51. The number of methoxy groups -OCH3 is 1. The fraction of sp³-hybridized carbons (Fsp3) is 0.400. The van der Waals surface area contributed by atoms with E-state index in [4.69, 9.17) is 9.57 Å². The van der Waals surface area contributed by atoms with Crippen LogP contribution in [0, 0.1) is 6.92 Å². The highest BCUT2D eigenvalue weighted by molar-refractivity contribution is 6.02. The van der Waals surface area contributed by atoms with Crippen LogP contribution in [0.3, 0.4) is 0 Å². The van der Waals surface area contributed by atoms with Gasteiger partial charge in [0.25, 0.3) is 0 Å². The Labute approximate surface area is 241 Å². The van der Waals surface area contributed by atoms with Crippen molar-refractivity contribution in [1.29, 1.82) is 0 Å². The summed E-state index contributed by atoms with van der Waals surface area (Å²) in [5.74, 6) is 1.53. The molecule has 2 aliphatic rings. The number of piperazine rings is 1. The standard InChI is InChI=1S/C30H38N8O3/c1-6-30(39)35-23-15-24(27(40-5)16-26(23)37-12-10-36(11-13-37)20(2)3)34-28-17-29(33-19-32-28)38-25(9-14-41-38)22-8-7-21(4)31-18-22/h6-8,15-20,25H,1,9-14H2,2-5H3,(H,35,39)(H,32,33,34). The molecule has 1 atom stereocenters. The molecule has 2 fully saturated rings. The van der Waals surface area contributed by atoms with E-state index in [1.807, 2.05) is 42.4 Å². The van der Waals surface area contributed by atoms with E-state index in [0.29, 0.717) is 41.4 Å². The zero-order valence-electron chi connectivity index (χ0n) is 24.1. The number of anilines is 5. The molecule has 1 amide bonds. The molecule has 0 radical (unpaired) electrons. The Morgan fingerprint density at radius 1 is 1.12 bits per heavy atom. The van der Waals surface area contributed by atoms with Crippen molar-refractivity contribution >= 4 is 34.6 Å². The number of carbonyl (C=O) groups excluding carboxylic acids is 1. The number of nitrogens with one attached hydrogen (secondary N) is 2. The highest BCUT2D eigenvalue weighted by Crippen LogP contribution is 2.40. The first-order chi connectivity index (χ1) is 19.9. The van der Waals surface area contributed by atoms with Crippen LogP contribution in [0.5, 0.6) is 5.75 Å². The third kappa shape index (κ3) is 6.41. The molecule has 2 aliphatic heterocycles. The maximum atomic E-state index is 12.4. The quantitative estimate of drug-likeness (QED) is 0.365. The Kier molecular flexibility index (Phi) is 8.65. The van der Waals surface area contributed by atoms with Gasteiger partial charge in [0.05, 0.1) is 36.8 Å². The van der Waals surface area contributed by atoms with E-state index in [2.05, 4.69) is 61.9 Å². The summed E-state index contributed by atoms with van der Waals surface area (Å²) < 4.78 is 5.79. The van der Waals surface area contributed by atoms with Crippen LogP contribution in [0.15, 0.2) is 55.5 Å². The summed E-state index contributed by atoms with van der Waals surface area (Å²) in [5.41, 5.74) is 4.25. The maximum absolute atomic E-state index is 12.4. The molecular formula is C30H38N8O3. The molecule has 11 nitrogen and oxygen atoms in total. The number of benzene rings is 1. The monoisotopic (exact) mass is 558 g/mol. The highest BCUT2D eigenvalue weighted by atomic mass is 16.7. The molecule has 0 bridgehead atoms. The number of amides is 1. The van der Waals surface area contributed by atoms with Crippen molar-refractivity contribution in [2.75, 3.05) is 60.5 Å².